The van der Waals surface area contributed by atoms with Gasteiger partial charge in [0.2, 0.25) is 0 Å². The number of hydrogen-bond acceptors (Lipinski definition) is 3. The molecule has 5 heteroatoms. The lowest BCUT2D eigenvalue weighted by Gasteiger charge is -2.06. The third-order valence-electron chi connectivity index (χ3n) is 4.17. The highest BCUT2D eigenvalue weighted by molar-refractivity contribution is 5.73. The molecule has 2 aromatic carbocycles. The summed E-state index contributed by atoms with van der Waals surface area (Å²) in [4.78, 5) is 0. The van der Waals surface area contributed by atoms with Gasteiger partial charge in [0.25, 0.3) is 0 Å². The molecule has 0 aliphatic rings. The van der Waals surface area contributed by atoms with Gasteiger partial charge in [0, 0.05) is 11.3 Å². The maximum atomic E-state index is 4.70. The Hall–Kier alpha value is -2.95. The van der Waals surface area contributed by atoms with Gasteiger partial charge in [-0.25, -0.2) is 9.36 Å². The highest BCUT2D eigenvalue weighted by atomic mass is 15.4. The van der Waals surface area contributed by atoms with Gasteiger partial charge in [-0.05, 0) is 38.1 Å². The summed E-state index contributed by atoms with van der Waals surface area (Å²) in [5, 5.41) is 13.2. The fourth-order valence-corrected chi connectivity index (χ4v) is 2.91. The largest absolute Gasteiger partial charge is 0.240 e. The minimum absolute atomic E-state index is 0.672. The molecular weight excluding hydrogens is 286 g/mol. The van der Waals surface area contributed by atoms with Gasteiger partial charge < -0.3 is 0 Å². The van der Waals surface area contributed by atoms with E-state index in [1.165, 1.54) is 5.56 Å². The first-order valence-corrected chi connectivity index (χ1v) is 7.63. The van der Waals surface area contributed by atoms with Gasteiger partial charge >= 0.3 is 0 Å². The van der Waals surface area contributed by atoms with Crippen molar-refractivity contribution in [2.24, 2.45) is 0 Å². The van der Waals surface area contributed by atoms with Crippen molar-refractivity contribution < 1.29 is 0 Å². The van der Waals surface area contributed by atoms with Gasteiger partial charge in [-0.15, -0.1) is 5.10 Å². The maximum absolute atomic E-state index is 4.70. The first-order chi connectivity index (χ1) is 11.2. The number of benzene rings is 2. The standard InChI is InChI=1S/C18H17N5/c1-13-16(12-22-18-11-7-6-10-17(18)19-21-22)14(2)23(20-13)15-8-4-3-5-9-15/h3-11H,12H2,1-2H3. The summed E-state index contributed by atoms with van der Waals surface area (Å²) in [5.41, 5.74) is 6.36. The monoisotopic (exact) mass is 303 g/mol. The van der Waals surface area contributed by atoms with Crippen molar-refractivity contribution in [2.75, 3.05) is 0 Å². The summed E-state index contributed by atoms with van der Waals surface area (Å²) in [6.45, 7) is 4.81. The van der Waals surface area contributed by atoms with Crippen LogP contribution in [-0.4, -0.2) is 24.8 Å². The first-order valence-electron chi connectivity index (χ1n) is 7.63. The van der Waals surface area contributed by atoms with Crippen LogP contribution >= 0.6 is 0 Å². The molecule has 0 N–H and O–H groups in total. The van der Waals surface area contributed by atoms with Gasteiger partial charge in [-0.2, -0.15) is 5.10 Å². The zero-order chi connectivity index (χ0) is 15.8. The minimum Gasteiger partial charge on any atom is -0.240 e. The Balaban J connectivity index is 1.77. The Morgan fingerprint density at radius 2 is 1.65 bits per heavy atom. The van der Waals surface area contributed by atoms with Crippen LogP contribution in [0.25, 0.3) is 16.7 Å². The summed E-state index contributed by atoms with van der Waals surface area (Å²) < 4.78 is 3.92. The van der Waals surface area contributed by atoms with Crippen LogP contribution in [0.4, 0.5) is 0 Å². The molecule has 0 aliphatic carbocycles. The average Bonchev–Trinajstić information content (AvgIpc) is 3.12. The molecule has 0 radical (unpaired) electrons. The van der Waals surface area contributed by atoms with Crippen LogP contribution in [0.3, 0.4) is 0 Å². The molecule has 0 bridgehead atoms. The second-order valence-electron chi connectivity index (χ2n) is 5.63. The van der Waals surface area contributed by atoms with E-state index in [0.717, 1.165) is 28.1 Å². The zero-order valence-corrected chi connectivity index (χ0v) is 13.1. The van der Waals surface area contributed by atoms with Crippen molar-refractivity contribution >= 4 is 11.0 Å². The summed E-state index contributed by atoms with van der Waals surface area (Å²) >= 11 is 0. The number of fused-ring (bicyclic) bond motifs is 1. The molecule has 2 aromatic heterocycles. The molecule has 4 rings (SSSR count). The van der Waals surface area contributed by atoms with Crippen molar-refractivity contribution in [2.45, 2.75) is 20.4 Å². The normalized spacial score (nSPS) is 11.2. The first kappa shape index (κ1) is 13.7. The highest BCUT2D eigenvalue weighted by Crippen LogP contribution is 2.20. The van der Waals surface area contributed by atoms with E-state index in [2.05, 4.69) is 29.4 Å². The van der Waals surface area contributed by atoms with Gasteiger partial charge in [-0.1, -0.05) is 35.5 Å². The fourth-order valence-electron chi connectivity index (χ4n) is 2.91. The van der Waals surface area contributed by atoms with E-state index in [1.54, 1.807) is 0 Å². The van der Waals surface area contributed by atoms with Gasteiger partial charge in [0.05, 0.1) is 23.4 Å². The Bertz CT molecular complexity index is 966. The quantitative estimate of drug-likeness (QED) is 0.583. The van der Waals surface area contributed by atoms with Crippen LogP contribution in [0.5, 0.6) is 0 Å². The molecule has 0 saturated carbocycles. The van der Waals surface area contributed by atoms with Crippen LogP contribution in [-0.2, 0) is 6.54 Å². The zero-order valence-electron chi connectivity index (χ0n) is 13.1. The highest BCUT2D eigenvalue weighted by Gasteiger charge is 2.14. The lowest BCUT2D eigenvalue weighted by molar-refractivity contribution is 0.664. The molecule has 0 amide bonds. The lowest BCUT2D eigenvalue weighted by atomic mass is 10.2. The molecule has 0 spiro atoms. The van der Waals surface area contributed by atoms with Crippen LogP contribution in [0.2, 0.25) is 0 Å². The maximum Gasteiger partial charge on any atom is 0.113 e. The number of aryl methyl sites for hydroxylation is 1. The smallest absolute Gasteiger partial charge is 0.113 e. The fraction of sp³-hybridized carbons (Fsp3) is 0.167. The van der Waals surface area contributed by atoms with Gasteiger partial charge in [0.1, 0.15) is 5.52 Å². The van der Waals surface area contributed by atoms with Crippen LogP contribution in [0.15, 0.2) is 54.6 Å². The number of para-hydroxylation sites is 2. The van der Waals surface area contributed by atoms with E-state index < -0.39 is 0 Å². The number of rotatable bonds is 3. The van der Waals surface area contributed by atoms with Crippen molar-refractivity contribution in [1.82, 2.24) is 24.8 Å². The van der Waals surface area contributed by atoms with Gasteiger partial charge in [0.15, 0.2) is 0 Å². The number of aromatic nitrogens is 5. The van der Waals surface area contributed by atoms with E-state index in [1.807, 2.05) is 58.8 Å². The molecule has 0 unspecified atom stereocenters. The third-order valence-corrected chi connectivity index (χ3v) is 4.17. The predicted octanol–water partition coefficient (Wildman–Crippen LogP) is 3.28. The lowest BCUT2D eigenvalue weighted by Crippen LogP contribution is -2.04. The number of hydrogen-bond donors (Lipinski definition) is 0. The van der Waals surface area contributed by atoms with E-state index in [-0.39, 0.29) is 0 Å². The molecule has 2 heterocycles. The molecule has 4 aromatic rings. The van der Waals surface area contributed by atoms with E-state index in [4.69, 9.17) is 5.10 Å². The van der Waals surface area contributed by atoms with Crippen molar-refractivity contribution in [3.05, 3.63) is 71.5 Å². The Kier molecular flexibility index (Phi) is 3.19. The van der Waals surface area contributed by atoms with Crippen molar-refractivity contribution in [3.63, 3.8) is 0 Å². The van der Waals surface area contributed by atoms with Crippen molar-refractivity contribution in [3.8, 4) is 5.69 Å². The Labute approximate surface area is 134 Å². The Morgan fingerprint density at radius 1 is 0.913 bits per heavy atom. The van der Waals surface area contributed by atoms with E-state index in [0.29, 0.717) is 6.54 Å². The summed E-state index contributed by atoms with van der Waals surface area (Å²) in [6, 6.07) is 18.2. The van der Waals surface area contributed by atoms with Crippen LogP contribution in [0, 0.1) is 13.8 Å². The molecule has 0 atom stereocenters. The van der Waals surface area contributed by atoms with Crippen LogP contribution in [0.1, 0.15) is 17.0 Å². The average molecular weight is 303 g/mol. The molecule has 23 heavy (non-hydrogen) atoms. The molecule has 0 aliphatic heterocycles. The number of nitrogens with zero attached hydrogens (tertiary/aromatic N) is 5. The van der Waals surface area contributed by atoms with E-state index in [9.17, 15) is 0 Å². The molecular formula is C18H17N5. The third kappa shape index (κ3) is 2.30. The molecule has 5 nitrogen and oxygen atoms in total. The van der Waals surface area contributed by atoms with Crippen molar-refractivity contribution in [1.29, 1.82) is 0 Å². The predicted molar refractivity (Wildman–Crippen MR) is 89.7 cm³/mol. The minimum atomic E-state index is 0.672. The second-order valence-corrected chi connectivity index (χ2v) is 5.63. The second kappa shape index (κ2) is 5.35. The molecule has 0 saturated heterocycles. The molecule has 114 valence electrons. The SMILES string of the molecule is Cc1nn(-c2ccccc2)c(C)c1Cn1nnc2ccccc21. The summed E-state index contributed by atoms with van der Waals surface area (Å²) in [5.74, 6) is 0. The topological polar surface area (TPSA) is 48.5 Å². The van der Waals surface area contributed by atoms with E-state index >= 15 is 0 Å². The molecule has 0 fully saturated rings. The van der Waals surface area contributed by atoms with Crippen LogP contribution < -0.4 is 0 Å². The Morgan fingerprint density at radius 3 is 2.48 bits per heavy atom. The summed E-state index contributed by atoms with van der Waals surface area (Å²) in [6.07, 6.45) is 0. The van der Waals surface area contributed by atoms with Gasteiger partial charge in [-0.3, -0.25) is 0 Å². The summed E-state index contributed by atoms with van der Waals surface area (Å²) in [7, 11) is 0.